The second kappa shape index (κ2) is 6.44. The number of carbonyl (C=O) groups is 1. The molecular weight excluding hydrogens is 264 g/mol. The molecule has 1 aromatic rings. The summed E-state index contributed by atoms with van der Waals surface area (Å²) in [6.45, 7) is 3.35. The Balaban J connectivity index is 2.09. The fourth-order valence-electron chi connectivity index (χ4n) is 1.93. The zero-order valence-electron chi connectivity index (χ0n) is 11.1. The minimum atomic E-state index is -0.507. The second-order valence-corrected chi connectivity index (χ2v) is 4.49. The molecule has 7 heteroatoms. The number of ether oxygens (including phenoxy) is 2. The number of hydrogen-bond acceptors (Lipinski definition) is 6. The number of nitrogens with one attached hydrogen (secondary N) is 1. The molecule has 1 aliphatic rings. The number of Topliss-reactive ketones (excluding diaryl/α,β-unsaturated/α-hetero) is 1. The van der Waals surface area contributed by atoms with E-state index >= 15 is 0 Å². The van der Waals surface area contributed by atoms with Gasteiger partial charge in [-0.1, -0.05) is 0 Å². The summed E-state index contributed by atoms with van der Waals surface area (Å²) in [5.41, 5.74) is 0.572. The van der Waals surface area contributed by atoms with Crippen LogP contribution in [0.5, 0.6) is 0 Å². The lowest BCUT2D eigenvalue weighted by Crippen LogP contribution is -2.34. The van der Waals surface area contributed by atoms with Crippen LogP contribution in [0.1, 0.15) is 17.3 Å². The summed E-state index contributed by atoms with van der Waals surface area (Å²) in [6, 6.07) is 4.39. The van der Waals surface area contributed by atoms with E-state index in [9.17, 15) is 14.9 Å². The quantitative estimate of drug-likeness (QED) is 0.500. The van der Waals surface area contributed by atoms with E-state index < -0.39 is 4.92 Å². The predicted molar refractivity (Wildman–Crippen MR) is 72.1 cm³/mol. The molecule has 2 rings (SSSR count). The highest BCUT2D eigenvalue weighted by Crippen LogP contribution is 2.26. The number of anilines is 1. The number of nitro groups is 1. The van der Waals surface area contributed by atoms with E-state index in [0.717, 1.165) is 0 Å². The zero-order chi connectivity index (χ0) is 14.5. The molecule has 1 N–H and O–H groups in total. The Kier molecular flexibility index (Phi) is 4.65. The van der Waals surface area contributed by atoms with E-state index in [1.807, 2.05) is 0 Å². The first kappa shape index (κ1) is 14.4. The molecule has 0 spiro atoms. The van der Waals surface area contributed by atoms with Crippen LogP contribution in [-0.4, -0.2) is 43.2 Å². The molecule has 0 saturated carbocycles. The molecule has 0 radical (unpaired) electrons. The fraction of sp³-hybridized carbons (Fsp3) is 0.462. The minimum absolute atomic E-state index is 0.116. The van der Waals surface area contributed by atoms with E-state index in [4.69, 9.17) is 9.47 Å². The lowest BCUT2D eigenvalue weighted by atomic mass is 10.1. The van der Waals surface area contributed by atoms with Crippen LogP contribution >= 0.6 is 0 Å². The predicted octanol–water partition coefficient (Wildman–Crippen LogP) is 1.62. The Hall–Kier alpha value is -1.99. The highest BCUT2D eigenvalue weighted by Gasteiger charge is 2.19. The highest BCUT2D eigenvalue weighted by atomic mass is 16.6. The number of nitro benzene ring substituents is 1. The topological polar surface area (TPSA) is 90.7 Å². The van der Waals surface area contributed by atoms with Crippen LogP contribution in [-0.2, 0) is 9.47 Å². The normalized spacial score (nSPS) is 18.6. The van der Waals surface area contributed by atoms with Crippen molar-refractivity contribution in [1.29, 1.82) is 0 Å². The average molecular weight is 280 g/mol. The summed E-state index contributed by atoms with van der Waals surface area (Å²) in [6.07, 6.45) is -0.129. The van der Waals surface area contributed by atoms with Crippen molar-refractivity contribution >= 4 is 17.2 Å². The van der Waals surface area contributed by atoms with Crippen LogP contribution in [0, 0.1) is 10.1 Å². The third-order valence-corrected chi connectivity index (χ3v) is 3.01. The van der Waals surface area contributed by atoms with Gasteiger partial charge in [-0.25, -0.2) is 0 Å². The highest BCUT2D eigenvalue weighted by molar-refractivity contribution is 5.95. The van der Waals surface area contributed by atoms with Crippen molar-refractivity contribution < 1.29 is 19.2 Å². The largest absolute Gasteiger partial charge is 0.377 e. The fourth-order valence-corrected chi connectivity index (χ4v) is 1.93. The average Bonchev–Trinajstić information content (AvgIpc) is 2.45. The molecule has 0 aromatic heterocycles. The lowest BCUT2D eigenvalue weighted by molar-refractivity contribution is -0.384. The zero-order valence-corrected chi connectivity index (χ0v) is 11.1. The van der Waals surface area contributed by atoms with E-state index in [0.29, 0.717) is 37.6 Å². The Morgan fingerprint density at radius 1 is 1.50 bits per heavy atom. The standard InChI is InChI=1S/C13H16N2O5/c1-9(16)10-2-3-12(13(6-10)15(17)18)14-7-11-8-19-4-5-20-11/h2-3,6,11,14H,4-5,7-8H2,1H3/t11-/m1/s1. The summed E-state index contributed by atoms with van der Waals surface area (Å²) in [4.78, 5) is 21.8. The summed E-state index contributed by atoms with van der Waals surface area (Å²) < 4.78 is 10.7. The van der Waals surface area contributed by atoms with Gasteiger partial charge in [0.25, 0.3) is 5.69 Å². The number of benzene rings is 1. The molecule has 0 bridgehead atoms. The molecule has 0 unspecified atom stereocenters. The number of rotatable bonds is 5. The van der Waals surface area contributed by atoms with Crippen LogP contribution in [0.4, 0.5) is 11.4 Å². The minimum Gasteiger partial charge on any atom is -0.377 e. The molecule has 1 fully saturated rings. The Morgan fingerprint density at radius 2 is 2.30 bits per heavy atom. The third kappa shape index (κ3) is 3.52. The van der Waals surface area contributed by atoms with E-state index in [2.05, 4.69) is 5.32 Å². The van der Waals surface area contributed by atoms with Gasteiger partial charge in [0.1, 0.15) is 5.69 Å². The van der Waals surface area contributed by atoms with Gasteiger partial charge in [0, 0.05) is 18.2 Å². The summed E-state index contributed by atoms with van der Waals surface area (Å²) >= 11 is 0. The smallest absolute Gasteiger partial charge is 0.293 e. The van der Waals surface area contributed by atoms with Crippen LogP contribution in [0.15, 0.2) is 18.2 Å². The van der Waals surface area contributed by atoms with E-state index in [-0.39, 0.29) is 17.6 Å². The van der Waals surface area contributed by atoms with Crippen molar-refractivity contribution in [3.8, 4) is 0 Å². The van der Waals surface area contributed by atoms with Gasteiger partial charge in [0.15, 0.2) is 5.78 Å². The summed E-state index contributed by atoms with van der Waals surface area (Å²) in [5.74, 6) is -0.205. The van der Waals surface area contributed by atoms with Gasteiger partial charge in [-0.2, -0.15) is 0 Å². The van der Waals surface area contributed by atoms with Gasteiger partial charge >= 0.3 is 0 Å². The number of ketones is 1. The van der Waals surface area contributed by atoms with Crippen molar-refractivity contribution in [3.63, 3.8) is 0 Å². The molecule has 1 aliphatic heterocycles. The van der Waals surface area contributed by atoms with Crippen molar-refractivity contribution in [3.05, 3.63) is 33.9 Å². The van der Waals surface area contributed by atoms with Crippen molar-refractivity contribution in [2.24, 2.45) is 0 Å². The van der Waals surface area contributed by atoms with Gasteiger partial charge in [-0.15, -0.1) is 0 Å². The van der Waals surface area contributed by atoms with Crippen molar-refractivity contribution in [1.82, 2.24) is 0 Å². The van der Waals surface area contributed by atoms with E-state index in [1.54, 1.807) is 12.1 Å². The van der Waals surface area contributed by atoms with Gasteiger partial charge in [0.2, 0.25) is 0 Å². The maximum atomic E-state index is 11.3. The SMILES string of the molecule is CC(=O)c1ccc(NC[C@@H]2COCCO2)c([N+](=O)[O-])c1. The van der Waals surface area contributed by atoms with Crippen LogP contribution in [0.25, 0.3) is 0 Å². The monoisotopic (exact) mass is 280 g/mol. The Bertz CT molecular complexity index is 511. The molecule has 1 atom stereocenters. The summed E-state index contributed by atoms with van der Waals surface area (Å²) in [5, 5.41) is 14.0. The Morgan fingerprint density at radius 3 is 2.90 bits per heavy atom. The molecule has 20 heavy (non-hydrogen) atoms. The van der Waals surface area contributed by atoms with Crippen molar-refractivity contribution in [2.75, 3.05) is 31.7 Å². The first-order valence-electron chi connectivity index (χ1n) is 6.30. The van der Waals surface area contributed by atoms with E-state index in [1.165, 1.54) is 13.0 Å². The molecular formula is C13H16N2O5. The maximum Gasteiger partial charge on any atom is 0.293 e. The van der Waals surface area contributed by atoms with Gasteiger partial charge in [-0.05, 0) is 19.1 Å². The van der Waals surface area contributed by atoms with Gasteiger partial charge in [0.05, 0.1) is 30.8 Å². The van der Waals surface area contributed by atoms with Gasteiger partial charge in [-0.3, -0.25) is 14.9 Å². The number of carbonyl (C=O) groups excluding carboxylic acids is 1. The van der Waals surface area contributed by atoms with Crippen LogP contribution in [0.3, 0.4) is 0 Å². The third-order valence-electron chi connectivity index (χ3n) is 3.01. The number of hydrogen-bond donors (Lipinski definition) is 1. The summed E-state index contributed by atoms with van der Waals surface area (Å²) in [7, 11) is 0. The maximum absolute atomic E-state index is 11.3. The lowest BCUT2D eigenvalue weighted by Gasteiger charge is -2.23. The first-order valence-corrected chi connectivity index (χ1v) is 6.30. The van der Waals surface area contributed by atoms with Crippen LogP contribution < -0.4 is 5.32 Å². The second-order valence-electron chi connectivity index (χ2n) is 4.49. The molecule has 1 heterocycles. The molecule has 0 amide bonds. The molecule has 1 saturated heterocycles. The molecule has 7 nitrogen and oxygen atoms in total. The Labute approximate surface area is 116 Å². The number of nitrogens with zero attached hydrogens (tertiary/aromatic N) is 1. The first-order chi connectivity index (χ1) is 9.58. The molecule has 1 aromatic carbocycles. The van der Waals surface area contributed by atoms with Crippen molar-refractivity contribution in [2.45, 2.75) is 13.0 Å². The van der Waals surface area contributed by atoms with Crippen LogP contribution in [0.2, 0.25) is 0 Å². The van der Waals surface area contributed by atoms with Gasteiger partial charge < -0.3 is 14.8 Å². The molecule has 108 valence electrons. The molecule has 0 aliphatic carbocycles.